The van der Waals surface area contributed by atoms with Gasteiger partial charge in [-0.05, 0) is 68.2 Å². The minimum Gasteiger partial charge on any atom is -0.444 e. The molecule has 0 bridgehead atoms. The van der Waals surface area contributed by atoms with E-state index in [1.54, 1.807) is 0 Å². The van der Waals surface area contributed by atoms with Gasteiger partial charge in [0, 0.05) is 45.8 Å². The minimum atomic E-state index is -0.421. The normalized spacial score (nSPS) is 20.0. The molecule has 3 rings (SSSR count). The van der Waals surface area contributed by atoms with Crippen molar-refractivity contribution in [2.24, 2.45) is 5.92 Å². The van der Waals surface area contributed by atoms with E-state index in [0.29, 0.717) is 5.92 Å². The highest BCUT2D eigenvalue weighted by atomic mass is 127. The van der Waals surface area contributed by atoms with Crippen molar-refractivity contribution in [1.82, 2.24) is 20.0 Å². The Balaban J connectivity index is 1.40. The van der Waals surface area contributed by atoms with Gasteiger partial charge in [0.2, 0.25) is 0 Å². The second-order valence-corrected chi connectivity index (χ2v) is 9.54. The van der Waals surface area contributed by atoms with Crippen molar-refractivity contribution in [3.63, 3.8) is 0 Å². The van der Waals surface area contributed by atoms with Crippen molar-refractivity contribution in [3.05, 3.63) is 16.0 Å². The van der Waals surface area contributed by atoms with E-state index in [1.165, 1.54) is 5.69 Å². The number of likely N-dealkylation sites (tertiary alicyclic amines) is 1. The number of piperazine rings is 1. The molecule has 3 heterocycles. The Bertz CT molecular complexity index is 635. The zero-order valence-corrected chi connectivity index (χ0v) is 18.7. The Labute approximate surface area is 175 Å². The molecule has 1 aromatic rings. The second kappa shape index (κ2) is 8.89. The Morgan fingerprint density at radius 1 is 1.19 bits per heavy atom. The van der Waals surface area contributed by atoms with Gasteiger partial charge >= 0.3 is 6.09 Å². The fourth-order valence-electron chi connectivity index (χ4n) is 3.68. The molecule has 2 aliphatic heterocycles. The predicted molar refractivity (Wildman–Crippen MR) is 114 cm³/mol. The number of halogens is 1. The minimum absolute atomic E-state index is 0.171. The average Bonchev–Trinajstić information content (AvgIpc) is 2.61. The van der Waals surface area contributed by atoms with E-state index in [9.17, 15) is 4.79 Å². The van der Waals surface area contributed by atoms with Crippen molar-refractivity contribution in [2.75, 3.05) is 50.7 Å². The topological polar surface area (TPSA) is 61.8 Å². The van der Waals surface area contributed by atoms with Gasteiger partial charge in [0.25, 0.3) is 0 Å². The summed E-state index contributed by atoms with van der Waals surface area (Å²) in [4.78, 5) is 19.0. The molecule has 0 saturated carbocycles. The highest BCUT2D eigenvalue weighted by molar-refractivity contribution is 14.1. The molecule has 0 aliphatic carbocycles. The highest BCUT2D eigenvalue weighted by Crippen LogP contribution is 2.22. The van der Waals surface area contributed by atoms with Gasteiger partial charge in [-0.1, -0.05) is 0 Å². The van der Waals surface area contributed by atoms with Crippen LogP contribution in [0.2, 0.25) is 0 Å². The Hall–Kier alpha value is -1.16. The number of amides is 1. The molecule has 0 unspecified atom stereocenters. The zero-order valence-electron chi connectivity index (χ0n) is 16.5. The molecular formula is C19H30IN5O2. The smallest absolute Gasteiger partial charge is 0.410 e. The van der Waals surface area contributed by atoms with Crippen LogP contribution >= 0.6 is 22.6 Å². The molecule has 27 heavy (non-hydrogen) atoms. The molecule has 150 valence electrons. The lowest BCUT2D eigenvalue weighted by Gasteiger charge is -2.39. The van der Waals surface area contributed by atoms with Crippen LogP contribution < -0.4 is 4.90 Å². The number of carbonyl (C=O) groups is 1. The third-order valence-corrected chi connectivity index (χ3v) is 5.66. The van der Waals surface area contributed by atoms with Gasteiger partial charge in [0.1, 0.15) is 9.30 Å². The van der Waals surface area contributed by atoms with Crippen LogP contribution in [0, 0.1) is 9.62 Å². The maximum absolute atomic E-state index is 12.2. The molecule has 2 saturated heterocycles. The summed E-state index contributed by atoms with van der Waals surface area (Å²) in [6.45, 7) is 12.7. The van der Waals surface area contributed by atoms with Crippen molar-refractivity contribution in [3.8, 4) is 0 Å². The van der Waals surface area contributed by atoms with E-state index in [0.717, 1.165) is 62.4 Å². The first-order valence-corrected chi connectivity index (χ1v) is 10.8. The number of ether oxygens (including phenoxy) is 1. The van der Waals surface area contributed by atoms with Crippen LogP contribution in [0.5, 0.6) is 0 Å². The maximum Gasteiger partial charge on any atom is 0.410 e. The van der Waals surface area contributed by atoms with E-state index < -0.39 is 5.60 Å². The first kappa shape index (κ1) is 20.6. The predicted octanol–water partition coefficient (Wildman–Crippen LogP) is 2.85. The summed E-state index contributed by atoms with van der Waals surface area (Å²) in [6, 6.07) is 2.09. The molecular weight excluding hydrogens is 457 g/mol. The first-order valence-electron chi connectivity index (χ1n) is 9.73. The van der Waals surface area contributed by atoms with Gasteiger partial charge in [-0.15, -0.1) is 5.10 Å². The summed E-state index contributed by atoms with van der Waals surface area (Å²) < 4.78 is 6.42. The van der Waals surface area contributed by atoms with E-state index >= 15 is 0 Å². The van der Waals surface area contributed by atoms with Gasteiger partial charge in [0.05, 0.1) is 11.9 Å². The number of nitrogens with zero attached hydrogens (tertiary/aromatic N) is 5. The zero-order chi connectivity index (χ0) is 19.4. The van der Waals surface area contributed by atoms with E-state index in [1.807, 2.05) is 31.9 Å². The largest absolute Gasteiger partial charge is 0.444 e. The Kier molecular flexibility index (Phi) is 6.78. The molecule has 1 aromatic heterocycles. The van der Waals surface area contributed by atoms with Crippen molar-refractivity contribution < 1.29 is 9.53 Å². The number of carbonyl (C=O) groups excluding carboxylic acids is 1. The van der Waals surface area contributed by atoms with E-state index in [4.69, 9.17) is 4.74 Å². The molecule has 0 aromatic carbocycles. The number of anilines is 1. The van der Waals surface area contributed by atoms with E-state index in [-0.39, 0.29) is 6.09 Å². The lowest BCUT2D eigenvalue weighted by Crippen LogP contribution is -2.49. The number of hydrogen-bond donors (Lipinski definition) is 0. The highest BCUT2D eigenvalue weighted by Gasteiger charge is 2.28. The quantitative estimate of drug-likeness (QED) is 0.612. The summed E-state index contributed by atoms with van der Waals surface area (Å²) >= 11 is 2.21. The summed E-state index contributed by atoms with van der Waals surface area (Å²) in [5.41, 5.74) is 0.746. The van der Waals surface area contributed by atoms with Crippen molar-refractivity contribution in [2.45, 2.75) is 39.2 Å². The fraction of sp³-hybridized carbons (Fsp3) is 0.737. The average molecular weight is 487 g/mol. The number of aromatic nitrogens is 2. The second-order valence-electron chi connectivity index (χ2n) is 8.43. The van der Waals surface area contributed by atoms with Crippen molar-refractivity contribution >= 4 is 34.4 Å². The molecule has 0 atom stereocenters. The molecule has 0 spiro atoms. The Morgan fingerprint density at radius 3 is 2.44 bits per heavy atom. The Morgan fingerprint density at radius 2 is 1.85 bits per heavy atom. The molecule has 2 fully saturated rings. The SMILES string of the molecule is CC(C)(C)OC(=O)N1CCC(CN2CCN(c3cnnc(I)c3)CC2)CC1. The standard InChI is InChI=1S/C19H30IN5O2/c1-19(2,3)27-18(26)25-6-4-15(5-7-25)14-23-8-10-24(11-9-23)16-12-17(20)22-21-13-16/h12-13,15H,4-11,14H2,1-3H3. The molecule has 0 radical (unpaired) electrons. The van der Waals surface area contributed by atoms with Gasteiger partial charge in [-0.2, -0.15) is 5.10 Å². The van der Waals surface area contributed by atoms with Gasteiger partial charge in [-0.25, -0.2) is 4.79 Å². The van der Waals surface area contributed by atoms with Crippen LogP contribution in [0.3, 0.4) is 0 Å². The lowest BCUT2D eigenvalue weighted by atomic mass is 9.96. The third-order valence-electron chi connectivity index (χ3n) is 5.13. The van der Waals surface area contributed by atoms with Crippen LogP contribution in [0.1, 0.15) is 33.6 Å². The number of hydrogen-bond acceptors (Lipinski definition) is 6. The van der Waals surface area contributed by atoms with Gasteiger partial charge in [0.15, 0.2) is 0 Å². The monoisotopic (exact) mass is 487 g/mol. The van der Waals surface area contributed by atoms with Crippen LogP contribution in [-0.4, -0.2) is 77.5 Å². The van der Waals surface area contributed by atoms with Gasteiger partial charge < -0.3 is 14.5 Å². The lowest BCUT2D eigenvalue weighted by molar-refractivity contribution is 0.0169. The molecule has 8 heteroatoms. The van der Waals surface area contributed by atoms with E-state index in [2.05, 4.69) is 48.7 Å². The summed E-state index contributed by atoms with van der Waals surface area (Å²) in [7, 11) is 0. The van der Waals surface area contributed by atoms with Crippen LogP contribution in [0.15, 0.2) is 12.3 Å². The van der Waals surface area contributed by atoms with Crippen molar-refractivity contribution in [1.29, 1.82) is 0 Å². The molecule has 2 aliphatic rings. The first-order chi connectivity index (χ1) is 12.8. The van der Waals surface area contributed by atoms with Gasteiger partial charge in [-0.3, -0.25) is 4.90 Å². The van der Waals surface area contributed by atoms with Crippen LogP contribution in [0.4, 0.5) is 10.5 Å². The molecule has 7 nitrogen and oxygen atoms in total. The fourth-order valence-corrected chi connectivity index (χ4v) is 4.13. The molecule has 0 N–H and O–H groups in total. The maximum atomic E-state index is 12.2. The number of rotatable bonds is 3. The molecule has 1 amide bonds. The van der Waals surface area contributed by atoms with Crippen LogP contribution in [0.25, 0.3) is 0 Å². The number of piperidine rings is 1. The third kappa shape index (κ3) is 6.17. The summed E-state index contributed by atoms with van der Waals surface area (Å²) in [6.07, 6.45) is 3.80. The summed E-state index contributed by atoms with van der Waals surface area (Å²) in [5, 5.41) is 8.09. The summed E-state index contributed by atoms with van der Waals surface area (Å²) in [5.74, 6) is 0.666. The van der Waals surface area contributed by atoms with Crippen LogP contribution in [-0.2, 0) is 4.74 Å².